The third-order valence-electron chi connectivity index (χ3n) is 8.96. The van der Waals surface area contributed by atoms with E-state index < -0.39 is 0 Å². The van der Waals surface area contributed by atoms with Crippen molar-refractivity contribution in [2.75, 3.05) is 0 Å². The van der Waals surface area contributed by atoms with Gasteiger partial charge < -0.3 is 4.42 Å². The molecule has 0 saturated carbocycles. The van der Waals surface area contributed by atoms with E-state index in [0.717, 1.165) is 55.3 Å². The first-order chi connectivity index (χ1) is 23.8. The predicted molar refractivity (Wildman–Crippen MR) is 197 cm³/mol. The van der Waals surface area contributed by atoms with Gasteiger partial charge in [0.1, 0.15) is 11.1 Å². The summed E-state index contributed by atoms with van der Waals surface area (Å²) >= 11 is 1.81. The average Bonchev–Trinajstić information content (AvgIpc) is 3.73. The van der Waals surface area contributed by atoms with Gasteiger partial charge in [-0.3, -0.25) is 4.98 Å². The van der Waals surface area contributed by atoms with Gasteiger partial charge >= 0.3 is 0 Å². The lowest BCUT2D eigenvalue weighted by Crippen LogP contribution is -2.01. The molecule has 10 aromatic rings. The zero-order chi connectivity index (χ0) is 31.6. The monoisotopic (exact) mass is 632 g/mol. The summed E-state index contributed by atoms with van der Waals surface area (Å²) in [6.45, 7) is 0. The fourth-order valence-corrected chi connectivity index (χ4v) is 7.93. The van der Waals surface area contributed by atoms with Crippen molar-refractivity contribution in [2.24, 2.45) is 0 Å². The smallest absolute Gasteiger partial charge is 0.164 e. The highest BCUT2D eigenvalue weighted by Crippen LogP contribution is 2.44. The minimum absolute atomic E-state index is 0.565. The maximum atomic E-state index is 6.50. The Morgan fingerprint density at radius 1 is 0.479 bits per heavy atom. The molecule has 6 heteroatoms. The van der Waals surface area contributed by atoms with Crippen molar-refractivity contribution in [1.29, 1.82) is 0 Å². The summed E-state index contributed by atoms with van der Waals surface area (Å²) in [5, 5.41) is 5.68. The Morgan fingerprint density at radius 3 is 2.17 bits per heavy atom. The molecule has 10 rings (SSSR count). The molecule has 0 saturated heterocycles. The van der Waals surface area contributed by atoms with E-state index in [-0.39, 0.29) is 0 Å². The first kappa shape index (κ1) is 26.9. The SMILES string of the molecule is c1ccc(-c2nc(-c3ccc4ccccc4c3)nc(-c3cc(-c4cccc5c4sc4ccccc45)cc4oc5cccnc5c34)n2)cc1. The number of hydrogen-bond donors (Lipinski definition) is 0. The van der Waals surface area contributed by atoms with Crippen LogP contribution in [-0.2, 0) is 0 Å². The molecule has 0 radical (unpaired) electrons. The number of rotatable bonds is 4. The zero-order valence-corrected chi connectivity index (χ0v) is 26.3. The fourth-order valence-electron chi connectivity index (χ4n) is 6.70. The molecule has 5 nitrogen and oxygen atoms in total. The van der Waals surface area contributed by atoms with Crippen molar-refractivity contribution in [1.82, 2.24) is 19.9 Å². The van der Waals surface area contributed by atoms with Gasteiger partial charge in [0.2, 0.25) is 0 Å². The van der Waals surface area contributed by atoms with Gasteiger partial charge in [-0.2, -0.15) is 0 Å². The van der Waals surface area contributed by atoms with E-state index in [9.17, 15) is 0 Å². The number of benzene rings is 6. The van der Waals surface area contributed by atoms with Crippen molar-refractivity contribution in [3.05, 3.63) is 146 Å². The first-order valence-corrected chi connectivity index (χ1v) is 16.6. The van der Waals surface area contributed by atoms with E-state index >= 15 is 0 Å². The van der Waals surface area contributed by atoms with Gasteiger partial charge in [0.25, 0.3) is 0 Å². The van der Waals surface area contributed by atoms with Gasteiger partial charge in [-0.15, -0.1) is 11.3 Å². The van der Waals surface area contributed by atoms with Crippen molar-refractivity contribution in [3.8, 4) is 45.3 Å². The summed E-state index contributed by atoms with van der Waals surface area (Å²) in [7, 11) is 0. The van der Waals surface area contributed by atoms with E-state index in [1.54, 1.807) is 6.20 Å². The van der Waals surface area contributed by atoms with E-state index in [1.165, 1.54) is 25.6 Å². The zero-order valence-electron chi connectivity index (χ0n) is 25.5. The number of hydrogen-bond acceptors (Lipinski definition) is 6. The van der Waals surface area contributed by atoms with Gasteiger partial charge in [0.05, 0.1) is 5.39 Å². The first-order valence-electron chi connectivity index (χ1n) is 15.8. The fraction of sp³-hybridized carbons (Fsp3) is 0. The Balaban J connectivity index is 1.27. The van der Waals surface area contributed by atoms with Crippen LogP contribution < -0.4 is 0 Å². The topological polar surface area (TPSA) is 64.7 Å². The molecule has 0 unspecified atom stereocenters. The van der Waals surface area contributed by atoms with E-state index in [1.807, 2.05) is 53.8 Å². The van der Waals surface area contributed by atoms with Crippen LogP contribution in [0.1, 0.15) is 0 Å². The molecule has 6 aromatic carbocycles. The maximum Gasteiger partial charge on any atom is 0.164 e. The lowest BCUT2D eigenvalue weighted by atomic mass is 9.98. The molecule has 0 spiro atoms. The van der Waals surface area contributed by atoms with Gasteiger partial charge in [-0.25, -0.2) is 15.0 Å². The highest BCUT2D eigenvalue weighted by atomic mass is 32.1. The summed E-state index contributed by atoms with van der Waals surface area (Å²) < 4.78 is 8.99. The summed E-state index contributed by atoms with van der Waals surface area (Å²) in [4.78, 5) is 20.1. The molecule has 4 heterocycles. The van der Waals surface area contributed by atoms with Crippen molar-refractivity contribution < 1.29 is 4.42 Å². The van der Waals surface area contributed by atoms with Crippen LogP contribution in [0.5, 0.6) is 0 Å². The second-order valence-electron chi connectivity index (χ2n) is 11.9. The lowest BCUT2D eigenvalue weighted by molar-refractivity contribution is 0.668. The van der Waals surface area contributed by atoms with Crippen LogP contribution in [0.15, 0.2) is 150 Å². The molecule has 0 bridgehead atoms. The van der Waals surface area contributed by atoms with Crippen LogP contribution in [-0.4, -0.2) is 19.9 Å². The molecule has 48 heavy (non-hydrogen) atoms. The van der Waals surface area contributed by atoms with Gasteiger partial charge in [0, 0.05) is 43.1 Å². The molecule has 0 aliphatic carbocycles. The molecule has 0 aliphatic heterocycles. The summed E-state index contributed by atoms with van der Waals surface area (Å²) in [6, 6.07) is 48.1. The van der Waals surface area contributed by atoms with Gasteiger partial charge in [-0.1, -0.05) is 103 Å². The summed E-state index contributed by atoms with van der Waals surface area (Å²) in [5.41, 5.74) is 7.09. The number of pyridine rings is 1. The number of fused-ring (bicyclic) bond motifs is 7. The number of nitrogens with zero attached hydrogens (tertiary/aromatic N) is 4. The third kappa shape index (κ3) is 4.31. The quantitative estimate of drug-likeness (QED) is 0.193. The van der Waals surface area contributed by atoms with Crippen molar-refractivity contribution >= 4 is 64.4 Å². The van der Waals surface area contributed by atoms with Gasteiger partial charge in [-0.05, 0) is 58.3 Å². The van der Waals surface area contributed by atoms with E-state index in [4.69, 9.17) is 24.4 Å². The molecule has 224 valence electrons. The number of furan rings is 1. The van der Waals surface area contributed by atoms with Crippen LogP contribution in [0.25, 0.3) is 98.3 Å². The highest BCUT2D eigenvalue weighted by molar-refractivity contribution is 7.26. The molecule has 4 aromatic heterocycles. The van der Waals surface area contributed by atoms with Crippen LogP contribution >= 0.6 is 11.3 Å². The van der Waals surface area contributed by atoms with E-state index in [2.05, 4.69) is 97.1 Å². The van der Waals surface area contributed by atoms with Crippen LogP contribution in [0, 0.1) is 0 Å². The number of aromatic nitrogens is 4. The molecule has 0 amide bonds. The molecular weight excluding hydrogens is 609 g/mol. The summed E-state index contributed by atoms with van der Waals surface area (Å²) in [6.07, 6.45) is 1.80. The van der Waals surface area contributed by atoms with Crippen LogP contribution in [0.2, 0.25) is 0 Å². The summed E-state index contributed by atoms with van der Waals surface area (Å²) in [5.74, 6) is 1.78. The molecule has 0 fully saturated rings. The van der Waals surface area contributed by atoms with Crippen molar-refractivity contribution in [3.63, 3.8) is 0 Å². The minimum Gasteiger partial charge on any atom is -0.454 e. The molecule has 0 aliphatic rings. The molecule has 0 N–H and O–H groups in total. The molecular formula is C42H24N4OS. The predicted octanol–water partition coefficient (Wildman–Crippen LogP) is 11.4. The normalized spacial score (nSPS) is 11.8. The highest BCUT2D eigenvalue weighted by Gasteiger charge is 2.21. The van der Waals surface area contributed by atoms with Crippen molar-refractivity contribution in [2.45, 2.75) is 0 Å². The van der Waals surface area contributed by atoms with Gasteiger partial charge in [0.15, 0.2) is 23.1 Å². The molecule has 0 atom stereocenters. The standard InChI is InChI=1S/C42H24N4OS/c1-2-11-26(12-3-1)40-44-41(28-20-19-25-10-4-5-13-27(25)22-28)46-42(45-40)33-23-29(24-35-37(33)38-34(47-35)17-9-21-43-38)30-15-8-16-32-31-14-6-7-18-36(31)48-39(30)32/h1-24H. The largest absolute Gasteiger partial charge is 0.454 e. The third-order valence-corrected chi connectivity index (χ3v) is 10.2. The average molecular weight is 633 g/mol. The Hall–Kier alpha value is -6.24. The van der Waals surface area contributed by atoms with Crippen LogP contribution in [0.4, 0.5) is 0 Å². The second-order valence-corrected chi connectivity index (χ2v) is 12.9. The lowest BCUT2D eigenvalue weighted by Gasteiger charge is -2.11. The second kappa shape index (κ2) is 10.7. The van der Waals surface area contributed by atoms with Crippen LogP contribution in [0.3, 0.4) is 0 Å². The minimum atomic E-state index is 0.565. The Labute approximate surface area is 278 Å². The number of thiophene rings is 1. The Morgan fingerprint density at radius 2 is 1.25 bits per heavy atom. The Kier molecular flexibility index (Phi) is 5.98. The maximum absolute atomic E-state index is 6.50. The van der Waals surface area contributed by atoms with E-state index in [0.29, 0.717) is 17.5 Å². The Bertz CT molecular complexity index is 2860.